The normalized spacial score (nSPS) is 12.2. The van der Waals surface area contributed by atoms with Gasteiger partial charge < -0.3 is 11.1 Å². The Morgan fingerprint density at radius 2 is 2.19 bits per heavy atom. The standard InChI is InChI=1S/C15H15N5O/c1-9(11-7-17-18-8-11)19-15(21)13-6-10-4-2-3-5-12(10)14(16)20-13/h2-9H,1H3,(H2,16,20)(H,17,18)(H,19,21). The van der Waals surface area contributed by atoms with Crippen LogP contribution in [0.1, 0.15) is 29.0 Å². The predicted octanol–water partition coefficient (Wildman–Crippen LogP) is 2.03. The molecule has 0 aliphatic rings. The number of rotatable bonds is 3. The van der Waals surface area contributed by atoms with Crippen molar-refractivity contribution in [1.29, 1.82) is 0 Å². The molecule has 0 saturated carbocycles. The first-order valence-corrected chi connectivity index (χ1v) is 6.60. The number of amides is 1. The van der Waals surface area contributed by atoms with E-state index in [0.717, 1.165) is 16.3 Å². The van der Waals surface area contributed by atoms with Crippen LogP contribution in [0.3, 0.4) is 0 Å². The van der Waals surface area contributed by atoms with E-state index < -0.39 is 0 Å². The van der Waals surface area contributed by atoms with Crippen LogP contribution < -0.4 is 11.1 Å². The highest BCUT2D eigenvalue weighted by atomic mass is 16.1. The SMILES string of the molecule is CC(NC(=O)c1cc2ccccc2c(N)n1)c1cn[nH]c1. The van der Waals surface area contributed by atoms with Crippen molar-refractivity contribution >= 4 is 22.5 Å². The molecule has 6 nitrogen and oxygen atoms in total. The smallest absolute Gasteiger partial charge is 0.270 e. The van der Waals surface area contributed by atoms with Gasteiger partial charge in [0.25, 0.3) is 5.91 Å². The first-order valence-electron chi connectivity index (χ1n) is 6.60. The summed E-state index contributed by atoms with van der Waals surface area (Å²) in [5, 5.41) is 11.2. The second kappa shape index (κ2) is 5.24. The van der Waals surface area contributed by atoms with Crippen LogP contribution in [0, 0.1) is 0 Å². The van der Waals surface area contributed by atoms with Gasteiger partial charge in [0, 0.05) is 17.1 Å². The molecule has 0 saturated heterocycles. The Morgan fingerprint density at radius 1 is 1.38 bits per heavy atom. The van der Waals surface area contributed by atoms with E-state index in [2.05, 4.69) is 20.5 Å². The van der Waals surface area contributed by atoms with Gasteiger partial charge in [-0.1, -0.05) is 24.3 Å². The van der Waals surface area contributed by atoms with Gasteiger partial charge in [-0.2, -0.15) is 5.10 Å². The largest absolute Gasteiger partial charge is 0.383 e. The molecule has 1 aromatic carbocycles. The van der Waals surface area contributed by atoms with Crippen molar-refractivity contribution in [3.8, 4) is 0 Å². The third kappa shape index (κ3) is 2.55. The van der Waals surface area contributed by atoms with Gasteiger partial charge in [-0.25, -0.2) is 4.98 Å². The minimum absolute atomic E-state index is 0.161. The third-order valence-corrected chi connectivity index (χ3v) is 3.37. The van der Waals surface area contributed by atoms with Crippen LogP contribution in [-0.2, 0) is 0 Å². The topological polar surface area (TPSA) is 96.7 Å². The molecule has 2 aromatic heterocycles. The van der Waals surface area contributed by atoms with Gasteiger partial charge in [0.05, 0.1) is 12.2 Å². The van der Waals surface area contributed by atoms with Crippen molar-refractivity contribution in [2.24, 2.45) is 0 Å². The summed E-state index contributed by atoms with van der Waals surface area (Å²) in [7, 11) is 0. The number of carbonyl (C=O) groups excluding carboxylic acids is 1. The molecule has 0 bridgehead atoms. The summed E-state index contributed by atoms with van der Waals surface area (Å²) >= 11 is 0. The molecule has 0 radical (unpaired) electrons. The summed E-state index contributed by atoms with van der Waals surface area (Å²) in [4.78, 5) is 16.5. The summed E-state index contributed by atoms with van der Waals surface area (Å²) in [6.45, 7) is 1.88. The van der Waals surface area contributed by atoms with Gasteiger partial charge in [-0.3, -0.25) is 9.89 Å². The number of nitrogens with one attached hydrogen (secondary N) is 2. The molecule has 1 unspecified atom stereocenters. The van der Waals surface area contributed by atoms with E-state index in [0.29, 0.717) is 11.5 Å². The van der Waals surface area contributed by atoms with Crippen molar-refractivity contribution in [1.82, 2.24) is 20.5 Å². The molecule has 0 fully saturated rings. The highest BCUT2D eigenvalue weighted by Gasteiger charge is 2.14. The first-order chi connectivity index (χ1) is 10.1. The Morgan fingerprint density at radius 3 is 2.95 bits per heavy atom. The zero-order valence-corrected chi connectivity index (χ0v) is 11.5. The average molecular weight is 281 g/mol. The summed E-state index contributed by atoms with van der Waals surface area (Å²) in [5.41, 5.74) is 7.12. The van der Waals surface area contributed by atoms with Gasteiger partial charge in [0.15, 0.2) is 0 Å². The highest BCUT2D eigenvalue weighted by Crippen LogP contribution is 2.20. The second-order valence-corrected chi connectivity index (χ2v) is 4.84. The maximum absolute atomic E-state index is 12.3. The second-order valence-electron chi connectivity index (χ2n) is 4.84. The van der Waals surface area contributed by atoms with Crippen molar-refractivity contribution in [2.45, 2.75) is 13.0 Å². The molecule has 1 amide bonds. The summed E-state index contributed by atoms with van der Waals surface area (Å²) in [6.07, 6.45) is 3.42. The molecular weight excluding hydrogens is 266 g/mol. The number of pyridine rings is 1. The molecule has 2 heterocycles. The number of fused-ring (bicyclic) bond motifs is 1. The zero-order valence-electron chi connectivity index (χ0n) is 11.5. The Bertz CT molecular complexity index is 782. The highest BCUT2D eigenvalue weighted by molar-refractivity contribution is 5.99. The molecule has 0 aliphatic carbocycles. The number of hydrogen-bond acceptors (Lipinski definition) is 4. The van der Waals surface area contributed by atoms with Crippen LogP contribution in [0.2, 0.25) is 0 Å². The minimum atomic E-state index is -0.263. The number of anilines is 1. The Balaban J connectivity index is 1.88. The van der Waals surface area contributed by atoms with Crippen molar-refractivity contribution in [3.05, 3.63) is 54.0 Å². The molecule has 3 aromatic rings. The van der Waals surface area contributed by atoms with Gasteiger partial charge in [0.1, 0.15) is 11.5 Å². The zero-order chi connectivity index (χ0) is 14.8. The fourth-order valence-corrected chi connectivity index (χ4v) is 2.19. The van der Waals surface area contributed by atoms with Crippen LogP contribution in [0.5, 0.6) is 0 Å². The lowest BCUT2D eigenvalue weighted by molar-refractivity contribution is 0.0935. The van der Waals surface area contributed by atoms with Crippen molar-refractivity contribution in [2.75, 3.05) is 5.73 Å². The maximum Gasteiger partial charge on any atom is 0.270 e. The van der Waals surface area contributed by atoms with Crippen molar-refractivity contribution < 1.29 is 4.79 Å². The van der Waals surface area contributed by atoms with Crippen LogP contribution in [0.4, 0.5) is 5.82 Å². The van der Waals surface area contributed by atoms with E-state index in [9.17, 15) is 4.79 Å². The summed E-state index contributed by atoms with van der Waals surface area (Å²) in [5.74, 6) is 0.0929. The van der Waals surface area contributed by atoms with Crippen LogP contribution in [-0.4, -0.2) is 21.1 Å². The predicted molar refractivity (Wildman–Crippen MR) is 80.6 cm³/mol. The van der Waals surface area contributed by atoms with Crippen LogP contribution in [0.15, 0.2) is 42.7 Å². The number of nitrogens with zero attached hydrogens (tertiary/aromatic N) is 2. The maximum atomic E-state index is 12.3. The Kier molecular flexibility index (Phi) is 3.27. The van der Waals surface area contributed by atoms with Gasteiger partial charge in [0.2, 0.25) is 0 Å². The quantitative estimate of drug-likeness (QED) is 0.684. The van der Waals surface area contributed by atoms with E-state index in [1.807, 2.05) is 31.2 Å². The Hall–Kier alpha value is -2.89. The van der Waals surface area contributed by atoms with Gasteiger partial charge in [-0.15, -0.1) is 0 Å². The molecular formula is C15H15N5O. The van der Waals surface area contributed by atoms with E-state index in [1.54, 1.807) is 18.5 Å². The van der Waals surface area contributed by atoms with E-state index in [4.69, 9.17) is 5.73 Å². The van der Waals surface area contributed by atoms with E-state index in [1.165, 1.54) is 0 Å². The number of nitrogen functional groups attached to an aromatic ring is 1. The molecule has 0 aliphatic heterocycles. The first kappa shape index (κ1) is 13.1. The van der Waals surface area contributed by atoms with E-state index >= 15 is 0 Å². The number of carbonyl (C=O) groups is 1. The fraction of sp³-hybridized carbons (Fsp3) is 0.133. The molecule has 6 heteroatoms. The monoisotopic (exact) mass is 281 g/mol. The molecule has 3 rings (SSSR count). The summed E-state index contributed by atoms with van der Waals surface area (Å²) < 4.78 is 0. The third-order valence-electron chi connectivity index (χ3n) is 3.37. The number of hydrogen-bond donors (Lipinski definition) is 3. The van der Waals surface area contributed by atoms with Gasteiger partial charge >= 0.3 is 0 Å². The minimum Gasteiger partial charge on any atom is -0.383 e. The number of benzene rings is 1. The number of nitrogens with two attached hydrogens (primary N) is 1. The average Bonchev–Trinajstić information content (AvgIpc) is 3.01. The van der Waals surface area contributed by atoms with Crippen molar-refractivity contribution in [3.63, 3.8) is 0 Å². The molecule has 0 spiro atoms. The molecule has 4 N–H and O–H groups in total. The van der Waals surface area contributed by atoms with Crippen LogP contribution >= 0.6 is 0 Å². The lowest BCUT2D eigenvalue weighted by atomic mass is 10.1. The molecule has 106 valence electrons. The van der Waals surface area contributed by atoms with Crippen LogP contribution in [0.25, 0.3) is 10.8 Å². The lowest BCUT2D eigenvalue weighted by Crippen LogP contribution is -2.27. The summed E-state index contributed by atoms with van der Waals surface area (Å²) in [6, 6.07) is 9.16. The van der Waals surface area contributed by atoms with Gasteiger partial charge in [-0.05, 0) is 18.4 Å². The molecule has 21 heavy (non-hydrogen) atoms. The number of aromatic nitrogens is 3. The van der Waals surface area contributed by atoms with E-state index in [-0.39, 0.29) is 11.9 Å². The fourth-order valence-electron chi connectivity index (χ4n) is 2.19. The number of H-pyrrole nitrogens is 1. The lowest BCUT2D eigenvalue weighted by Gasteiger charge is -2.12. The Labute approximate surface area is 121 Å². The molecule has 1 atom stereocenters. The number of aromatic amines is 1.